The Morgan fingerprint density at radius 3 is 2.68 bits per heavy atom. The second kappa shape index (κ2) is 6.46. The van der Waals surface area contributed by atoms with Crippen molar-refractivity contribution in [2.45, 2.75) is 13.8 Å². The van der Waals surface area contributed by atoms with Crippen molar-refractivity contribution in [1.29, 1.82) is 5.26 Å². The minimum absolute atomic E-state index is 0.0589. The Hall–Kier alpha value is -1.91. The molecule has 1 aliphatic heterocycles. The first kappa shape index (κ1) is 16.5. The molecule has 0 unspecified atom stereocenters. The topological polar surface area (TPSA) is 90.3 Å². The van der Waals surface area contributed by atoms with E-state index >= 15 is 0 Å². The van der Waals surface area contributed by atoms with Gasteiger partial charge in [0.15, 0.2) is 5.78 Å². The van der Waals surface area contributed by atoms with Gasteiger partial charge < -0.3 is 5.32 Å². The molecule has 2 rings (SSSR count). The molecule has 6 nitrogen and oxygen atoms in total. The van der Waals surface area contributed by atoms with Gasteiger partial charge in [0.25, 0.3) is 0 Å². The van der Waals surface area contributed by atoms with E-state index in [0.29, 0.717) is 36.4 Å². The molecule has 118 valence electrons. The third-order valence-electron chi connectivity index (χ3n) is 3.81. The van der Waals surface area contributed by atoms with Gasteiger partial charge in [0.2, 0.25) is 10.0 Å². The fourth-order valence-corrected chi connectivity index (χ4v) is 3.56. The van der Waals surface area contributed by atoms with Crippen LogP contribution >= 0.6 is 0 Å². The van der Waals surface area contributed by atoms with Crippen molar-refractivity contribution in [3.05, 3.63) is 29.3 Å². The van der Waals surface area contributed by atoms with Crippen LogP contribution in [0.25, 0.3) is 0 Å². The van der Waals surface area contributed by atoms with E-state index in [1.165, 1.54) is 11.2 Å². The Kier molecular flexibility index (Phi) is 4.84. The van der Waals surface area contributed by atoms with E-state index in [1.807, 2.05) is 0 Å². The quantitative estimate of drug-likeness (QED) is 0.801. The first-order valence-electron chi connectivity index (χ1n) is 7.14. The molecule has 22 heavy (non-hydrogen) atoms. The number of hydrogen-bond donors (Lipinski definition) is 1. The third kappa shape index (κ3) is 3.46. The number of anilines is 1. The average Bonchev–Trinajstić information content (AvgIpc) is 2.45. The molecule has 1 heterocycles. The number of sulfonamides is 1. The zero-order valence-corrected chi connectivity index (χ0v) is 13.5. The second-order valence-electron chi connectivity index (χ2n) is 5.39. The van der Waals surface area contributed by atoms with Crippen LogP contribution in [-0.4, -0.2) is 43.9 Å². The SMILES string of the molecule is CCS(=O)(=O)N1CC(CNc2cc(C(C)=O)ccc2C#N)C1. The fraction of sp³-hybridized carbons (Fsp3) is 0.467. The van der Waals surface area contributed by atoms with Gasteiger partial charge in [-0.2, -0.15) is 5.26 Å². The van der Waals surface area contributed by atoms with Gasteiger partial charge in [-0.3, -0.25) is 4.79 Å². The number of Topliss-reactive ketones (excluding diaryl/α,β-unsaturated/α-hetero) is 1. The minimum Gasteiger partial charge on any atom is -0.384 e. The maximum atomic E-state index is 11.6. The van der Waals surface area contributed by atoms with Crippen molar-refractivity contribution < 1.29 is 13.2 Å². The van der Waals surface area contributed by atoms with Crippen LogP contribution in [0.1, 0.15) is 29.8 Å². The molecule has 0 bridgehead atoms. The molecule has 0 atom stereocenters. The predicted octanol–water partition coefficient (Wildman–Crippen LogP) is 1.45. The second-order valence-corrected chi connectivity index (χ2v) is 7.65. The summed E-state index contributed by atoms with van der Waals surface area (Å²) in [5, 5.41) is 12.3. The number of ketones is 1. The van der Waals surface area contributed by atoms with Gasteiger partial charge in [0.05, 0.1) is 17.0 Å². The van der Waals surface area contributed by atoms with Crippen LogP contribution in [-0.2, 0) is 10.0 Å². The third-order valence-corrected chi connectivity index (χ3v) is 5.62. The van der Waals surface area contributed by atoms with Gasteiger partial charge >= 0.3 is 0 Å². The number of nitriles is 1. The number of carbonyl (C=O) groups excluding carboxylic acids is 1. The normalized spacial score (nSPS) is 15.9. The number of nitrogens with zero attached hydrogens (tertiary/aromatic N) is 2. The lowest BCUT2D eigenvalue weighted by atomic mass is 10.0. The Morgan fingerprint density at radius 1 is 1.45 bits per heavy atom. The smallest absolute Gasteiger partial charge is 0.213 e. The van der Waals surface area contributed by atoms with E-state index in [9.17, 15) is 13.2 Å². The number of nitrogens with one attached hydrogen (secondary N) is 1. The number of rotatable bonds is 6. The average molecular weight is 321 g/mol. The Morgan fingerprint density at radius 2 is 2.14 bits per heavy atom. The molecule has 7 heteroatoms. The highest BCUT2D eigenvalue weighted by molar-refractivity contribution is 7.89. The van der Waals surface area contributed by atoms with Crippen molar-refractivity contribution in [2.24, 2.45) is 5.92 Å². The molecule has 1 saturated heterocycles. The van der Waals surface area contributed by atoms with E-state index in [1.54, 1.807) is 25.1 Å². The molecule has 1 aromatic rings. The van der Waals surface area contributed by atoms with Gasteiger partial charge in [-0.15, -0.1) is 0 Å². The van der Waals surface area contributed by atoms with Crippen LogP contribution in [0.3, 0.4) is 0 Å². The molecule has 0 aromatic heterocycles. The largest absolute Gasteiger partial charge is 0.384 e. The van der Waals surface area contributed by atoms with Crippen molar-refractivity contribution in [3.8, 4) is 6.07 Å². The first-order valence-corrected chi connectivity index (χ1v) is 8.75. The highest BCUT2D eigenvalue weighted by Gasteiger charge is 2.34. The molecule has 0 amide bonds. The first-order chi connectivity index (χ1) is 10.4. The van der Waals surface area contributed by atoms with Gasteiger partial charge in [-0.05, 0) is 32.0 Å². The summed E-state index contributed by atoms with van der Waals surface area (Å²) in [7, 11) is -3.10. The summed E-state index contributed by atoms with van der Waals surface area (Å²) in [5.41, 5.74) is 1.64. The minimum atomic E-state index is -3.10. The summed E-state index contributed by atoms with van der Waals surface area (Å²) in [6.45, 7) is 4.68. The zero-order chi connectivity index (χ0) is 16.3. The summed E-state index contributed by atoms with van der Waals surface area (Å²) >= 11 is 0. The van der Waals surface area contributed by atoms with Crippen molar-refractivity contribution in [1.82, 2.24) is 4.31 Å². The van der Waals surface area contributed by atoms with E-state index in [4.69, 9.17) is 5.26 Å². The van der Waals surface area contributed by atoms with Crippen LogP contribution < -0.4 is 5.32 Å². The maximum Gasteiger partial charge on any atom is 0.213 e. The van der Waals surface area contributed by atoms with Gasteiger partial charge in [0.1, 0.15) is 6.07 Å². The van der Waals surface area contributed by atoms with Crippen molar-refractivity contribution in [2.75, 3.05) is 30.7 Å². The van der Waals surface area contributed by atoms with Crippen molar-refractivity contribution in [3.63, 3.8) is 0 Å². The molecule has 0 aliphatic carbocycles. The molecular weight excluding hydrogens is 302 g/mol. The summed E-state index contributed by atoms with van der Waals surface area (Å²) in [4.78, 5) is 11.4. The van der Waals surface area contributed by atoms with Gasteiger partial charge in [-0.1, -0.05) is 0 Å². The highest BCUT2D eigenvalue weighted by atomic mass is 32.2. The lowest BCUT2D eigenvalue weighted by molar-refractivity contribution is 0.101. The zero-order valence-electron chi connectivity index (χ0n) is 12.7. The lowest BCUT2D eigenvalue weighted by Gasteiger charge is -2.38. The summed E-state index contributed by atoms with van der Waals surface area (Å²) < 4.78 is 24.8. The number of hydrogen-bond acceptors (Lipinski definition) is 5. The van der Waals surface area contributed by atoms with E-state index in [0.717, 1.165) is 0 Å². The monoisotopic (exact) mass is 321 g/mol. The van der Waals surface area contributed by atoms with E-state index in [2.05, 4.69) is 11.4 Å². The lowest BCUT2D eigenvalue weighted by Crippen LogP contribution is -2.52. The van der Waals surface area contributed by atoms with E-state index in [-0.39, 0.29) is 17.5 Å². The van der Waals surface area contributed by atoms with E-state index < -0.39 is 10.0 Å². The van der Waals surface area contributed by atoms with Gasteiger partial charge in [-0.25, -0.2) is 12.7 Å². The van der Waals surface area contributed by atoms with Crippen LogP contribution in [0.2, 0.25) is 0 Å². The number of carbonyl (C=O) groups is 1. The van der Waals surface area contributed by atoms with Gasteiger partial charge in [0, 0.05) is 31.1 Å². The standard InChI is InChI=1S/C15H19N3O3S/c1-3-22(20,21)18-9-12(10-18)8-17-15-6-13(11(2)19)4-5-14(15)7-16/h4-6,12,17H,3,8-10H2,1-2H3. The predicted molar refractivity (Wildman–Crippen MR) is 84.2 cm³/mol. The summed E-state index contributed by atoms with van der Waals surface area (Å²) in [6, 6.07) is 7.00. The Bertz CT molecular complexity index is 716. The molecule has 1 aliphatic rings. The molecular formula is C15H19N3O3S. The molecule has 1 N–H and O–H groups in total. The Balaban J connectivity index is 1.97. The maximum absolute atomic E-state index is 11.6. The van der Waals surface area contributed by atoms with Crippen LogP contribution in [0.4, 0.5) is 5.69 Å². The Labute approximate surface area is 130 Å². The summed E-state index contributed by atoms with van der Waals surface area (Å²) in [5.74, 6) is 0.275. The summed E-state index contributed by atoms with van der Waals surface area (Å²) in [6.07, 6.45) is 0. The molecule has 1 aromatic carbocycles. The van der Waals surface area contributed by atoms with Crippen LogP contribution in [0, 0.1) is 17.2 Å². The van der Waals surface area contributed by atoms with Crippen molar-refractivity contribution >= 4 is 21.5 Å². The molecule has 0 spiro atoms. The molecule has 0 saturated carbocycles. The van der Waals surface area contributed by atoms with Crippen LogP contribution in [0.5, 0.6) is 0 Å². The highest BCUT2D eigenvalue weighted by Crippen LogP contribution is 2.22. The molecule has 0 radical (unpaired) electrons. The van der Waals surface area contributed by atoms with Crippen LogP contribution in [0.15, 0.2) is 18.2 Å². The molecule has 1 fully saturated rings. The number of benzene rings is 1. The fourth-order valence-electron chi connectivity index (χ4n) is 2.32.